The molecule has 5 rings (SSSR count). The first-order valence-electron chi connectivity index (χ1n) is 12.2. The second kappa shape index (κ2) is 8.90. The number of thiophene rings is 1. The Kier molecular flexibility index (Phi) is 6.03. The Labute approximate surface area is 210 Å². The van der Waals surface area contributed by atoms with Crippen molar-refractivity contribution in [2.75, 3.05) is 19.1 Å². The Morgan fingerprint density at radius 1 is 1.14 bits per heavy atom. The molecule has 1 aliphatic carbocycles. The molecule has 1 fully saturated rings. The Balaban J connectivity index is 1.63. The van der Waals surface area contributed by atoms with Crippen LogP contribution in [0.1, 0.15) is 50.5 Å². The van der Waals surface area contributed by atoms with E-state index in [0.717, 1.165) is 23.1 Å². The van der Waals surface area contributed by atoms with Crippen molar-refractivity contribution in [1.82, 2.24) is 9.88 Å². The molecular weight excluding hydrogens is 462 g/mol. The number of nitrogens with one attached hydrogen (secondary N) is 1. The molecule has 2 aromatic heterocycles. The Bertz CT molecular complexity index is 1280. The molecule has 3 aromatic rings. The van der Waals surface area contributed by atoms with Gasteiger partial charge in [-0.2, -0.15) is 0 Å². The van der Waals surface area contributed by atoms with E-state index in [-0.39, 0.29) is 17.9 Å². The van der Waals surface area contributed by atoms with Crippen molar-refractivity contribution in [3.05, 3.63) is 41.4 Å². The summed E-state index contributed by atoms with van der Waals surface area (Å²) in [6.45, 7) is 6.67. The summed E-state index contributed by atoms with van der Waals surface area (Å²) >= 11 is 1.59. The molecule has 35 heavy (non-hydrogen) atoms. The molecule has 3 heterocycles. The zero-order valence-electron chi connectivity index (χ0n) is 21.0. The highest BCUT2D eigenvalue weighted by Crippen LogP contribution is 2.42. The molecule has 2 aliphatic rings. The Morgan fingerprint density at radius 2 is 1.94 bits per heavy atom. The normalized spacial score (nSPS) is 26.5. The minimum Gasteiger partial charge on any atom is -0.497 e. The first kappa shape index (κ1) is 23.7. The molecule has 0 bridgehead atoms. The summed E-state index contributed by atoms with van der Waals surface area (Å²) in [5.74, 6) is 1.65. The van der Waals surface area contributed by atoms with Crippen LogP contribution in [0, 0.1) is 11.8 Å². The molecule has 186 valence electrons. The fourth-order valence-electron chi connectivity index (χ4n) is 5.67. The minimum atomic E-state index is -1.17. The topological polar surface area (TPSA) is 72.8 Å². The largest absolute Gasteiger partial charge is 0.497 e. The molecule has 1 aliphatic heterocycles. The van der Waals surface area contributed by atoms with E-state index < -0.39 is 5.54 Å². The van der Waals surface area contributed by atoms with Crippen LogP contribution in [0.5, 0.6) is 11.5 Å². The van der Waals surface area contributed by atoms with Gasteiger partial charge < -0.3 is 19.4 Å². The van der Waals surface area contributed by atoms with Gasteiger partial charge in [-0.05, 0) is 54.8 Å². The van der Waals surface area contributed by atoms with Crippen molar-refractivity contribution >= 4 is 39.1 Å². The number of fused-ring (bicyclic) bond motifs is 3. The highest BCUT2D eigenvalue weighted by atomic mass is 32.1. The van der Waals surface area contributed by atoms with Crippen LogP contribution in [0.25, 0.3) is 10.2 Å². The van der Waals surface area contributed by atoms with Crippen LogP contribution < -0.4 is 19.7 Å². The van der Waals surface area contributed by atoms with E-state index in [9.17, 15) is 9.59 Å². The predicted octanol–water partition coefficient (Wildman–Crippen LogP) is 5.08. The molecule has 0 radical (unpaired) electrons. The SMILES string of the molecule is COc1ccc(OC)c(N2C(=O)c3cc4sccc4n3C[C@]2(C)C(=O)N[C@@H]2CCC[C@@H](C)[C@H]2C)c1. The molecular formula is C27H33N3O4S. The van der Waals surface area contributed by atoms with Gasteiger partial charge >= 0.3 is 0 Å². The molecule has 1 saturated carbocycles. The Hall–Kier alpha value is -3.00. The van der Waals surface area contributed by atoms with Gasteiger partial charge in [-0.15, -0.1) is 11.3 Å². The molecule has 1 aromatic carbocycles. The third-order valence-corrected chi connectivity index (χ3v) is 8.90. The van der Waals surface area contributed by atoms with Gasteiger partial charge in [-0.3, -0.25) is 14.5 Å². The number of amides is 2. The molecule has 0 spiro atoms. The summed E-state index contributed by atoms with van der Waals surface area (Å²) in [6, 6.07) is 9.36. The summed E-state index contributed by atoms with van der Waals surface area (Å²) in [6.07, 6.45) is 3.23. The van der Waals surface area contributed by atoms with Crippen LogP contribution in [-0.2, 0) is 11.3 Å². The molecule has 8 heteroatoms. The fourth-order valence-corrected chi connectivity index (χ4v) is 6.49. The van der Waals surface area contributed by atoms with Gasteiger partial charge in [-0.1, -0.05) is 26.7 Å². The van der Waals surface area contributed by atoms with Crippen LogP contribution in [0.3, 0.4) is 0 Å². The lowest BCUT2D eigenvalue weighted by atomic mass is 9.77. The van der Waals surface area contributed by atoms with E-state index in [1.54, 1.807) is 48.7 Å². The summed E-state index contributed by atoms with van der Waals surface area (Å²) in [5.41, 5.74) is 0.907. The number of aromatic nitrogens is 1. The van der Waals surface area contributed by atoms with Gasteiger partial charge in [0, 0.05) is 12.1 Å². The van der Waals surface area contributed by atoms with Gasteiger partial charge in [0.1, 0.15) is 22.7 Å². The lowest BCUT2D eigenvalue weighted by Crippen LogP contribution is -2.66. The molecule has 7 nitrogen and oxygen atoms in total. The highest BCUT2D eigenvalue weighted by Gasteiger charge is 2.50. The first-order chi connectivity index (χ1) is 16.8. The number of rotatable bonds is 5. The molecule has 0 unspecified atom stereocenters. The maximum atomic E-state index is 14.1. The molecule has 0 saturated heterocycles. The number of anilines is 1. The lowest BCUT2D eigenvalue weighted by molar-refractivity contribution is -0.128. The first-order valence-corrected chi connectivity index (χ1v) is 13.1. The van der Waals surface area contributed by atoms with Crippen molar-refractivity contribution in [2.45, 2.75) is 58.2 Å². The van der Waals surface area contributed by atoms with Gasteiger partial charge in [0.05, 0.1) is 36.7 Å². The number of carbonyl (C=O) groups is 2. The second-order valence-corrected chi connectivity index (χ2v) is 11.0. The quantitative estimate of drug-likeness (QED) is 0.536. The zero-order chi connectivity index (χ0) is 24.9. The van der Waals surface area contributed by atoms with Gasteiger partial charge in [0.15, 0.2) is 0 Å². The van der Waals surface area contributed by atoms with Crippen LogP contribution in [0.15, 0.2) is 35.7 Å². The van der Waals surface area contributed by atoms with E-state index in [0.29, 0.717) is 41.3 Å². The van der Waals surface area contributed by atoms with E-state index >= 15 is 0 Å². The maximum absolute atomic E-state index is 14.1. The smallest absolute Gasteiger partial charge is 0.276 e. The number of hydrogen-bond donors (Lipinski definition) is 1. The monoisotopic (exact) mass is 495 g/mol. The summed E-state index contributed by atoms with van der Waals surface area (Å²) in [4.78, 5) is 29.9. The summed E-state index contributed by atoms with van der Waals surface area (Å²) in [7, 11) is 3.15. The number of carbonyl (C=O) groups excluding carboxylic acids is 2. The number of methoxy groups -OCH3 is 2. The minimum absolute atomic E-state index is 0.0828. The number of ether oxygens (including phenoxy) is 2. The molecule has 1 N–H and O–H groups in total. The third kappa shape index (κ3) is 3.78. The predicted molar refractivity (Wildman–Crippen MR) is 139 cm³/mol. The van der Waals surface area contributed by atoms with Crippen molar-refractivity contribution in [3.63, 3.8) is 0 Å². The Morgan fingerprint density at radius 3 is 2.69 bits per heavy atom. The van der Waals surface area contributed by atoms with Crippen molar-refractivity contribution in [1.29, 1.82) is 0 Å². The van der Waals surface area contributed by atoms with E-state index in [4.69, 9.17) is 9.47 Å². The molecule has 2 amide bonds. The van der Waals surface area contributed by atoms with E-state index in [1.807, 2.05) is 29.0 Å². The van der Waals surface area contributed by atoms with Crippen LogP contribution in [0.4, 0.5) is 5.69 Å². The van der Waals surface area contributed by atoms with Crippen molar-refractivity contribution < 1.29 is 19.1 Å². The maximum Gasteiger partial charge on any atom is 0.276 e. The van der Waals surface area contributed by atoms with Crippen LogP contribution >= 0.6 is 11.3 Å². The number of nitrogens with zero attached hydrogens (tertiary/aromatic N) is 2. The fraction of sp³-hybridized carbons (Fsp3) is 0.481. The molecule has 4 atom stereocenters. The standard InChI is InChI=1S/C27H33N3O4S/c1-16-7-6-8-19(17(16)2)28-26(32)27(3)15-29-20-11-12-35-24(20)14-22(29)25(31)30(27)21-13-18(33-4)9-10-23(21)34-5/h9-14,16-17,19H,6-8,15H2,1-5H3,(H,28,32)/t16-,17-,19-,27-/m1/s1. The lowest BCUT2D eigenvalue weighted by Gasteiger charge is -2.45. The third-order valence-electron chi connectivity index (χ3n) is 8.04. The summed E-state index contributed by atoms with van der Waals surface area (Å²) in [5, 5.41) is 5.36. The van der Waals surface area contributed by atoms with Crippen LogP contribution in [-0.4, -0.2) is 42.2 Å². The van der Waals surface area contributed by atoms with E-state index in [2.05, 4.69) is 19.2 Å². The van der Waals surface area contributed by atoms with Gasteiger partial charge in [0.25, 0.3) is 5.91 Å². The van der Waals surface area contributed by atoms with E-state index in [1.165, 1.54) is 6.42 Å². The van der Waals surface area contributed by atoms with Crippen LogP contribution in [0.2, 0.25) is 0 Å². The number of hydrogen-bond acceptors (Lipinski definition) is 5. The van der Waals surface area contributed by atoms with Gasteiger partial charge in [0.2, 0.25) is 5.91 Å². The average molecular weight is 496 g/mol. The summed E-state index contributed by atoms with van der Waals surface area (Å²) < 4.78 is 14.1. The zero-order valence-corrected chi connectivity index (χ0v) is 21.8. The highest BCUT2D eigenvalue weighted by molar-refractivity contribution is 7.17. The van der Waals surface area contributed by atoms with Gasteiger partial charge in [-0.25, -0.2) is 0 Å². The van der Waals surface area contributed by atoms with Crippen molar-refractivity contribution in [3.8, 4) is 11.5 Å². The average Bonchev–Trinajstić information content (AvgIpc) is 3.44. The van der Waals surface area contributed by atoms with Crippen molar-refractivity contribution in [2.24, 2.45) is 11.8 Å². The second-order valence-electron chi connectivity index (χ2n) is 10.1. The number of benzene rings is 1.